The lowest BCUT2D eigenvalue weighted by molar-refractivity contribution is -0.118. The van der Waals surface area contributed by atoms with Crippen molar-refractivity contribution >= 4 is 23.4 Å². The van der Waals surface area contributed by atoms with E-state index in [1.54, 1.807) is 11.8 Å². The van der Waals surface area contributed by atoms with Gasteiger partial charge < -0.3 is 15.0 Å². The summed E-state index contributed by atoms with van der Waals surface area (Å²) in [4.78, 5) is 36.9. The summed E-state index contributed by atoms with van der Waals surface area (Å²) in [6, 6.07) is 8.12. The van der Waals surface area contributed by atoms with Crippen LogP contribution in [0.25, 0.3) is 0 Å². The quantitative estimate of drug-likeness (QED) is 0.498. The minimum absolute atomic E-state index is 0.110. The minimum Gasteiger partial charge on any atom is -0.379 e. The highest BCUT2D eigenvalue weighted by molar-refractivity contribution is 7.99. The number of ketones is 1. The SMILES string of the molecule is Cc1ccc(C2C3=C(CC(C)(C)CC3=O)Nc3nc(SCCN4CCOCC4)[nH]c(=O)c32)cc1. The van der Waals surface area contributed by atoms with Crippen LogP contribution in [0.1, 0.15) is 49.3 Å². The molecule has 7 nitrogen and oxygen atoms in total. The van der Waals surface area contributed by atoms with Gasteiger partial charge in [0.15, 0.2) is 10.9 Å². The third kappa shape index (κ3) is 4.72. The number of carbonyl (C=O) groups excluding carboxylic acids is 1. The Balaban J connectivity index is 1.49. The van der Waals surface area contributed by atoms with Gasteiger partial charge in [-0.25, -0.2) is 4.98 Å². The van der Waals surface area contributed by atoms with Crippen molar-refractivity contribution in [2.45, 2.75) is 44.7 Å². The number of nitrogens with zero attached hydrogens (tertiary/aromatic N) is 2. The van der Waals surface area contributed by atoms with Crippen LogP contribution in [0, 0.1) is 12.3 Å². The second-order valence-electron chi connectivity index (χ2n) is 10.2. The van der Waals surface area contributed by atoms with E-state index < -0.39 is 5.92 Å². The first-order valence-corrected chi connectivity index (χ1v) is 13.0. The van der Waals surface area contributed by atoms with E-state index in [0.717, 1.165) is 67.4 Å². The van der Waals surface area contributed by atoms with E-state index in [2.05, 4.69) is 29.0 Å². The third-order valence-electron chi connectivity index (χ3n) is 6.86. The van der Waals surface area contributed by atoms with Crippen molar-refractivity contribution in [3.05, 3.63) is 62.6 Å². The van der Waals surface area contributed by atoms with Crippen LogP contribution in [-0.4, -0.2) is 59.3 Å². The van der Waals surface area contributed by atoms with Crippen molar-refractivity contribution in [1.82, 2.24) is 14.9 Å². The standard InChI is InChI=1S/C26H32N4O3S/c1-16-4-6-17(7-5-16)20-21-18(14-26(2,3)15-19(21)31)27-23-22(20)24(32)29-25(28-23)34-13-10-30-8-11-33-12-9-30/h4-7,20H,8-15H2,1-3H3,(H2,27,28,29,32). The number of hydrogen-bond acceptors (Lipinski definition) is 7. The molecule has 1 atom stereocenters. The van der Waals surface area contributed by atoms with Crippen molar-refractivity contribution in [2.24, 2.45) is 5.41 Å². The smallest absolute Gasteiger partial charge is 0.257 e. The van der Waals surface area contributed by atoms with Gasteiger partial charge in [0.1, 0.15) is 5.82 Å². The first kappa shape index (κ1) is 23.3. The Morgan fingerprint density at radius 3 is 2.62 bits per heavy atom. The number of rotatable bonds is 5. The molecule has 1 aliphatic carbocycles. The number of ether oxygens (including phenoxy) is 1. The monoisotopic (exact) mass is 480 g/mol. The molecular formula is C26H32N4O3S. The number of morpholine rings is 1. The summed E-state index contributed by atoms with van der Waals surface area (Å²) in [5.74, 6) is 1.12. The summed E-state index contributed by atoms with van der Waals surface area (Å²) in [5, 5.41) is 4.01. The summed E-state index contributed by atoms with van der Waals surface area (Å²) in [6.07, 6.45) is 1.23. The molecule has 0 saturated carbocycles. The summed E-state index contributed by atoms with van der Waals surface area (Å²) >= 11 is 1.56. The average Bonchev–Trinajstić information content (AvgIpc) is 2.78. The van der Waals surface area contributed by atoms with Gasteiger partial charge in [0, 0.05) is 49.0 Å². The van der Waals surface area contributed by atoms with E-state index >= 15 is 0 Å². The number of allylic oxidation sites excluding steroid dienone is 2. The summed E-state index contributed by atoms with van der Waals surface area (Å²) in [6.45, 7) is 10.6. The van der Waals surface area contributed by atoms with Crippen LogP contribution in [0.4, 0.5) is 5.82 Å². The van der Waals surface area contributed by atoms with Gasteiger partial charge in [-0.2, -0.15) is 0 Å². The van der Waals surface area contributed by atoms with Crippen LogP contribution in [0.2, 0.25) is 0 Å². The molecule has 0 amide bonds. The van der Waals surface area contributed by atoms with Crippen LogP contribution >= 0.6 is 11.8 Å². The van der Waals surface area contributed by atoms with Gasteiger partial charge in [0.25, 0.3) is 5.56 Å². The summed E-state index contributed by atoms with van der Waals surface area (Å²) in [5.41, 5.74) is 3.94. The fraction of sp³-hybridized carbons (Fsp3) is 0.500. The van der Waals surface area contributed by atoms with Crippen molar-refractivity contribution in [3.8, 4) is 0 Å². The van der Waals surface area contributed by atoms with Crippen molar-refractivity contribution < 1.29 is 9.53 Å². The van der Waals surface area contributed by atoms with Crippen molar-refractivity contribution in [2.75, 3.05) is 43.9 Å². The van der Waals surface area contributed by atoms with Crippen LogP contribution in [0.5, 0.6) is 0 Å². The van der Waals surface area contributed by atoms with E-state index in [1.807, 2.05) is 31.2 Å². The molecule has 2 aromatic rings. The van der Waals surface area contributed by atoms with Crippen LogP contribution < -0.4 is 10.9 Å². The normalized spacial score (nSPS) is 22.2. The van der Waals surface area contributed by atoms with Crippen LogP contribution in [0.3, 0.4) is 0 Å². The summed E-state index contributed by atoms with van der Waals surface area (Å²) < 4.78 is 5.42. The van der Waals surface area contributed by atoms with Crippen molar-refractivity contribution in [1.29, 1.82) is 0 Å². The molecule has 8 heteroatoms. The lowest BCUT2D eigenvalue weighted by Gasteiger charge is -2.38. The Hall–Kier alpha value is -2.42. The van der Waals surface area contributed by atoms with E-state index in [4.69, 9.17) is 9.72 Å². The molecule has 1 aromatic carbocycles. The number of aryl methyl sites for hydroxylation is 1. The number of aromatic amines is 1. The molecule has 3 aliphatic rings. The minimum atomic E-state index is -0.404. The molecule has 0 bridgehead atoms. The highest BCUT2D eigenvalue weighted by atomic mass is 32.2. The molecule has 1 fully saturated rings. The van der Waals surface area contributed by atoms with Crippen LogP contribution in [-0.2, 0) is 9.53 Å². The highest BCUT2D eigenvalue weighted by Gasteiger charge is 2.42. The number of fused-ring (bicyclic) bond motifs is 1. The predicted octanol–water partition coefficient (Wildman–Crippen LogP) is 3.70. The molecule has 0 radical (unpaired) electrons. The second-order valence-corrected chi connectivity index (χ2v) is 11.3. The molecular weight excluding hydrogens is 448 g/mol. The van der Waals surface area contributed by atoms with Gasteiger partial charge in [-0.3, -0.25) is 14.5 Å². The Labute approximate surface area is 204 Å². The number of H-pyrrole nitrogens is 1. The Kier molecular flexibility index (Phi) is 6.39. The Morgan fingerprint density at radius 2 is 1.88 bits per heavy atom. The molecule has 34 heavy (non-hydrogen) atoms. The number of benzene rings is 1. The van der Waals surface area contributed by atoms with E-state index in [0.29, 0.717) is 23.0 Å². The largest absolute Gasteiger partial charge is 0.379 e. The van der Waals surface area contributed by atoms with Crippen molar-refractivity contribution in [3.63, 3.8) is 0 Å². The average molecular weight is 481 g/mol. The number of aromatic nitrogens is 2. The predicted molar refractivity (Wildman–Crippen MR) is 135 cm³/mol. The molecule has 1 unspecified atom stereocenters. The zero-order valence-corrected chi connectivity index (χ0v) is 20.9. The Bertz CT molecular complexity index is 1180. The zero-order chi connectivity index (χ0) is 23.9. The van der Waals surface area contributed by atoms with Gasteiger partial charge in [-0.15, -0.1) is 0 Å². The number of Topliss-reactive ketones (excluding diaryl/α,β-unsaturated/α-hetero) is 1. The molecule has 180 valence electrons. The van der Waals surface area contributed by atoms with E-state index in [1.165, 1.54) is 0 Å². The maximum absolute atomic E-state index is 13.4. The third-order valence-corrected chi connectivity index (χ3v) is 7.71. The lowest BCUT2D eigenvalue weighted by atomic mass is 9.69. The van der Waals surface area contributed by atoms with Gasteiger partial charge in [0.2, 0.25) is 0 Å². The highest BCUT2D eigenvalue weighted by Crippen LogP contribution is 2.47. The van der Waals surface area contributed by atoms with Gasteiger partial charge in [0.05, 0.1) is 18.8 Å². The maximum atomic E-state index is 13.4. The van der Waals surface area contributed by atoms with Gasteiger partial charge in [-0.05, 0) is 24.3 Å². The molecule has 1 saturated heterocycles. The Morgan fingerprint density at radius 1 is 1.15 bits per heavy atom. The molecule has 3 heterocycles. The summed E-state index contributed by atoms with van der Waals surface area (Å²) in [7, 11) is 0. The fourth-order valence-electron chi connectivity index (χ4n) is 5.15. The van der Waals surface area contributed by atoms with Gasteiger partial charge in [-0.1, -0.05) is 55.4 Å². The first-order chi connectivity index (χ1) is 16.3. The van der Waals surface area contributed by atoms with Crippen LogP contribution in [0.15, 0.2) is 45.5 Å². The topological polar surface area (TPSA) is 87.3 Å². The van der Waals surface area contributed by atoms with E-state index in [-0.39, 0.29) is 16.8 Å². The number of thioether (sulfide) groups is 1. The molecule has 5 rings (SSSR count). The number of hydrogen-bond donors (Lipinski definition) is 2. The maximum Gasteiger partial charge on any atom is 0.257 e. The fourth-order valence-corrected chi connectivity index (χ4v) is 6.01. The number of nitrogens with one attached hydrogen (secondary N) is 2. The number of carbonyl (C=O) groups is 1. The molecule has 2 N–H and O–H groups in total. The molecule has 2 aliphatic heterocycles. The zero-order valence-electron chi connectivity index (χ0n) is 20.1. The molecule has 1 aromatic heterocycles. The molecule has 0 spiro atoms. The number of anilines is 1. The van der Waals surface area contributed by atoms with E-state index in [9.17, 15) is 9.59 Å². The van der Waals surface area contributed by atoms with Gasteiger partial charge >= 0.3 is 0 Å². The second kappa shape index (κ2) is 9.32. The lowest BCUT2D eigenvalue weighted by Crippen LogP contribution is -2.37. The first-order valence-electron chi connectivity index (χ1n) is 12.0.